The number of benzene rings is 13. The first-order chi connectivity index (χ1) is 40.7. The van der Waals surface area contributed by atoms with Crippen LogP contribution in [0.4, 0.5) is 34.1 Å². The number of anilines is 6. The van der Waals surface area contributed by atoms with Gasteiger partial charge in [0, 0.05) is 55.7 Å². The van der Waals surface area contributed by atoms with Crippen LogP contribution in [0.2, 0.25) is 0 Å². The molecule has 0 N–H and O–H groups in total. The molecule has 0 unspecified atom stereocenters. The standard InChI is InChI=1S/C78H54N4/c1-5-19-55(20-6-1)57-35-39-61(40-36-57)75-51-63-53-78-64(54-77(63)81(75)69-47-43-67(44-48-69)79(65-27-9-3-10-28-65)73-33-17-25-59-23-13-15-31-71(59)73)52-76(62-41-37-58(38-42-62)56-21-7-2-8-22-56)82(78)70-49-45-68(46-50-70)80(66-29-11-4-12-30-66)74-34-18-26-60-24-14-16-32-72(60)74/h1-54H. The summed E-state index contributed by atoms with van der Waals surface area (Å²) >= 11 is 0. The maximum atomic E-state index is 2.45. The first kappa shape index (κ1) is 48.2. The summed E-state index contributed by atoms with van der Waals surface area (Å²) in [6.45, 7) is 0. The van der Waals surface area contributed by atoms with Crippen LogP contribution in [0.5, 0.6) is 0 Å². The fourth-order valence-corrected chi connectivity index (χ4v) is 12.1. The minimum Gasteiger partial charge on any atom is -0.310 e. The van der Waals surface area contributed by atoms with Gasteiger partial charge in [-0.1, -0.05) is 218 Å². The lowest BCUT2D eigenvalue weighted by Gasteiger charge is -2.27. The molecule has 13 aromatic carbocycles. The predicted molar refractivity (Wildman–Crippen MR) is 346 cm³/mol. The number of fused-ring (bicyclic) bond motifs is 4. The molecule has 0 aliphatic carbocycles. The van der Waals surface area contributed by atoms with E-state index in [1.165, 1.54) is 43.8 Å². The predicted octanol–water partition coefficient (Wildman–Crippen LogP) is 21.5. The highest BCUT2D eigenvalue weighted by Crippen LogP contribution is 2.44. The van der Waals surface area contributed by atoms with Gasteiger partial charge in [-0.25, -0.2) is 0 Å². The van der Waals surface area contributed by atoms with Crippen molar-refractivity contribution < 1.29 is 0 Å². The molecule has 0 spiro atoms. The average molecular weight is 1050 g/mol. The number of hydrogen-bond acceptors (Lipinski definition) is 2. The highest BCUT2D eigenvalue weighted by molar-refractivity contribution is 6.04. The van der Waals surface area contributed by atoms with Crippen LogP contribution in [0.1, 0.15) is 0 Å². The van der Waals surface area contributed by atoms with E-state index in [1.54, 1.807) is 0 Å². The molecule has 4 nitrogen and oxygen atoms in total. The minimum absolute atomic E-state index is 1.08. The molecule has 0 saturated heterocycles. The molecule has 0 aliphatic rings. The lowest BCUT2D eigenvalue weighted by molar-refractivity contribution is 1.13. The fraction of sp³-hybridized carbons (Fsp3) is 0. The van der Waals surface area contributed by atoms with Gasteiger partial charge in [-0.2, -0.15) is 0 Å². The van der Waals surface area contributed by atoms with Crippen molar-refractivity contribution in [1.82, 2.24) is 9.13 Å². The second-order valence-corrected chi connectivity index (χ2v) is 21.0. The van der Waals surface area contributed by atoms with Crippen LogP contribution in [-0.2, 0) is 0 Å². The van der Waals surface area contributed by atoms with Gasteiger partial charge < -0.3 is 18.9 Å². The molecule has 0 amide bonds. The van der Waals surface area contributed by atoms with Gasteiger partial charge in [0.05, 0.1) is 33.8 Å². The summed E-state index contributed by atoms with van der Waals surface area (Å²) in [4.78, 5) is 4.75. The van der Waals surface area contributed by atoms with Crippen molar-refractivity contribution in [3.63, 3.8) is 0 Å². The quantitative estimate of drug-likeness (QED) is 0.121. The Labute approximate surface area is 477 Å². The second kappa shape index (κ2) is 20.7. The van der Waals surface area contributed by atoms with Crippen LogP contribution in [0.3, 0.4) is 0 Å². The van der Waals surface area contributed by atoms with E-state index in [2.05, 4.69) is 347 Å². The molecule has 15 rings (SSSR count). The van der Waals surface area contributed by atoms with E-state index < -0.39 is 0 Å². The first-order valence-corrected chi connectivity index (χ1v) is 28.1. The topological polar surface area (TPSA) is 16.3 Å². The molecule has 15 aromatic rings. The third-order valence-corrected chi connectivity index (χ3v) is 16.1. The third-order valence-electron chi connectivity index (χ3n) is 16.1. The summed E-state index contributed by atoms with van der Waals surface area (Å²) in [5.41, 5.74) is 20.3. The summed E-state index contributed by atoms with van der Waals surface area (Å²) in [5.74, 6) is 0. The fourth-order valence-electron chi connectivity index (χ4n) is 12.1. The number of nitrogens with zero attached hydrogens (tertiary/aromatic N) is 4. The monoisotopic (exact) mass is 1050 g/mol. The Morgan fingerprint density at radius 3 is 0.902 bits per heavy atom. The van der Waals surface area contributed by atoms with E-state index in [0.717, 1.165) is 89.8 Å². The SMILES string of the molecule is c1ccc(-c2ccc(-c3cc4cc5c(cc(-c6ccc(-c7ccccc7)cc6)n5-c5ccc(N(c6ccccc6)c6cccc7ccccc67)cc5)cc4n3-c3ccc(N(c4ccccc4)c4cccc5ccccc45)cc3)cc2)cc1. The summed E-state index contributed by atoms with van der Waals surface area (Å²) in [5, 5.41) is 7.10. The molecule has 0 aliphatic heterocycles. The molecule has 82 heavy (non-hydrogen) atoms. The lowest BCUT2D eigenvalue weighted by Crippen LogP contribution is -2.10. The normalized spacial score (nSPS) is 11.4. The Morgan fingerprint density at radius 2 is 0.512 bits per heavy atom. The minimum atomic E-state index is 1.08. The van der Waals surface area contributed by atoms with Crippen molar-refractivity contribution in [3.8, 4) is 56.1 Å². The molecular weight excluding hydrogens is 993 g/mol. The van der Waals surface area contributed by atoms with E-state index in [1.807, 2.05) is 0 Å². The molecule has 2 aromatic heterocycles. The highest BCUT2D eigenvalue weighted by atomic mass is 15.2. The van der Waals surface area contributed by atoms with Gasteiger partial charge in [0.15, 0.2) is 0 Å². The highest BCUT2D eigenvalue weighted by Gasteiger charge is 2.22. The van der Waals surface area contributed by atoms with E-state index in [9.17, 15) is 0 Å². The molecule has 4 heteroatoms. The van der Waals surface area contributed by atoms with Crippen molar-refractivity contribution in [2.75, 3.05) is 9.80 Å². The van der Waals surface area contributed by atoms with E-state index in [4.69, 9.17) is 0 Å². The third kappa shape index (κ3) is 8.76. The number of para-hydroxylation sites is 2. The molecule has 0 atom stereocenters. The Kier molecular flexibility index (Phi) is 12.2. The smallest absolute Gasteiger partial charge is 0.0542 e. The van der Waals surface area contributed by atoms with Crippen LogP contribution in [0.15, 0.2) is 328 Å². The molecular formula is C78H54N4. The second-order valence-electron chi connectivity index (χ2n) is 21.0. The molecule has 386 valence electrons. The lowest BCUT2D eigenvalue weighted by atomic mass is 10.0. The summed E-state index contributed by atoms with van der Waals surface area (Å²) in [7, 11) is 0. The van der Waals surface area contributed by atoms with Gasteiger partial charge in [-0.15, -0.1) is 0 Å². The van der Waals surface area contributed by atoms with E-state index in [-0.39, 0.29) is 0 Å². The first-order valence-electron chi connectivity index (χ1n) is 28.1. The molecule has 0 bridgehead atoms. The van der Waals surface area contributed by atoms with Crippen molar-refractivity contribution in [3.05, 3.63) is 328 Å². The Bertz CT molecular complexity index is 4420. The van der Waals surface area contributed by atoms with Crippen molar-refractivity contribution >= 4 is 77.5 Å². The zero-order chi connectivity index (χ0) is 54.3. The number of aromatic nitrogens is 2. The molecule has 0 fully saturated rings. The van der Waals surface area contributed by atoms with Crippen LogP contribution in [0, 0.1) is 0 Å². The average Bonchev–Trinajstić information content (AvgIpc) is 4.23. The zero-order valence-corrected chi connectivity index (χ0v) is 45.0. The van der Waals surface area contributed by atoms with Gasteiger partial charge in [-0.05, 0) is 153 Å². The van der Waals surface area contributed by atoms with E-state index in [0.29, 0.717) is 0 Å². The van der Waals surface area contributed by atoms with Gasteiger partial charge in [0.1, 0.15) is 0 Å². The van der Waals surface area contributed by atoms with E-state index >= 15 is 0 Å². The van der Waals surface area contributed by atoms with Crippen molar-refractivity contribution in [2.24, 2.45) is 0 Å². The summed E-state index contributed by atoms with van der Waals surface area (Å²) in [6, 6.07) is 119. The molecule has 2 heterocycles. The maximum absolute atomic E-state index is 2.45. The van der Waals surface area contributed by atoms with Crippen molar-refractivity contribution in [2.45, 2.75) is 0 Å². The Hall–Kier alpha value is -10.9. The largest absolute Gasteiger partial charge is 0.310 e. The Morgan fingerprint density at radius 1 is 0.207 bits per heavy atom. The van der Waals surface area contributed by atoms with Gasteiger partial charge in [0.25, 0.3) is 0 Å². The van der Waals surface area contributed by atoms with Gasteiger partial charge in [-0.3, -0.25) is 0 Å². The summed E-state index contributed by atoms with van der Waals surface area (Å²) in [6.07, 6.45) is 0. The molecule has 0 radical (unpaired) electrons. The van der Waals surface area contributed by atoms with Crippen LogP contribution in [-0.4, -0.2) is 9.13 Å². The van der Waals surface area contributed by atoms with Gasteiger partial charge in [0.2, 0.25) is 0 Å². The molecule has 0 saturated carbocycles. The van der Waals surface area contributed by atoms with Crippen molar-refractivity contribution in [1.29, 1.82) is 0 Å². The number of rotatable bonds is 12. The number of hydrogen-bond donors (Lipinski definition) is 0. The summed E-state index contributed by atoms with van der Waals surface area (Å²) < 4.78 is 4.90. The van der Waals surface area contributed by atoms with Gasteiger partial charge >= 0.3 is 0 Å². The van der Waals surface area contributed by atoms with Crippen LogP contribution < -0.4 is 9.80 Å². The maximum Gasteiger partial charge on any atom is 0.0542 e. The Balaban J connectivity index is 0.906. The van der Waals surface area contributed by atoms with Crippen LogP contribution >= 0.6 is 0 Å². The zero-order valence-electron chi connectivity index (χ0n) is 45.0. The van der Waals surface area contributed by atoms with Crippen LogP contribution in [0.25, 0.3) is 99.5 Å².